The molecule has 0 aliphatic carbocycles. The second-order valence-corrected chi connectivity index (χ2v) is 6.68. The summed E-state index contributed by atoms with van der Waals surface area (Å²) in [6.45, 7) is 2.51. The number of pyridine rings is 1. The van der Waals surface area contributed by atoms with Crippen molar-refractivity contribution in [2.45, 2.75) is 13.0 Å². The van der Waals surface area contributed by atoms with E-state index in [1.165, 1.54) is 4.90 Å². The highest BCUT2D eigenvalue weighted by atomic mass is 16.5. The zero-order valence-electron chi connectivity index (χ0n) is 16.3. The van der Waals surface area contributed by atoms with Gasteiger partial charge < -0.3 is 9.47 Å². The van der Waals surface area contributed by atoms with Gasteiger partial charge in [-0.1, -0.05) is 18.2 Å². The minimum atomic E-state index is -1.06. The Morgan fingerprint density at radius 3 is 2.69 bits per heavy atom. The van der Waals surface area contributed by atoms with E-state index in [0.717, 1.165) is 11.0 Å². The Labute approximate surface area is 168 Å². The quantitative estimate of drug-likeness (QED) is 0.471. The molecule has 0 spiro atoms. The van der Waals surface area contributed by atoms with Gasteiger partial charge in [0.25, 0.3) is 0 Å². The number of nitrogens with zero attached hydrogens (tertiary/aromatic N) is 4. The van der Waals surface area contributed by atoms with Gasteiger partial charge in [-0.05, 0) is 31.2 Å². The SMILES string of the molecule is CCOC(=O)[C@@H]1C(=O)N(CCOC)c2nc3ccccc3n2[C@H]1c1ccccn1. The van der Waals surface area contributed by atoms with E-state index in [4.69, 9.17) is 9.47 Å². The van der Waals surface area contributed by atoms with Crippen LogP contribution in [0.25, 0.3) is 11.0 Å². The van der Waals surface area contributed by atoms with Crippen LogP contribution in [0, 0.1) is 5.92 Å². The third kappa shape index (κ3) is 3.25. The fraction of sp³-hybridized carbons (Fsp3) is 0.333. The second-order valence-electron chi connectivity index (χ2n) is 6.68. The number of anilines is 1. The normalized spacial score (nSPS) is 18.7. The zero-order chi connectivity index (χ0) is 20.4. The molecule has 0 unspecified atom stereocenters. The summed E-state index contributed by atoms with van der Waals surface area (Å²) >= 11 is 0. The lowest BCUT2D eigenvalue weighted by Gasteiger charge is -2.37. The molecule has 0 bridgehead atoms. The third-order valence-electron chi connectivity index (χ3n) is 4.99. The Balaban J connectivity index is 1.97. The van der Waals surface area contributed by atoms with E-state index in [-0.39, 0.29) is 19.1 Å². The highest BCUT2D eigenvalue weighted by molar-refractivity contribution is 6.08. The highest BCUT2D eigenvalue weighted by Gasteiger charge is 2.48. The molecule has 0 N–H and O–H groups in total. The maximum absolute atomic E-state index is 13.5. The molecule has 2 atom stereocenters. The van der Waals surface area contributed by atoms with Gasteiger partial charge in [0.15, 0.2) is 5.92 Å². The summed E-state index contributed by atoms with van der Waals surface area (Å²) in [4.78, 5) is 37.0. The van der Waals surface area contributed by atoms with Gasteiger partial charge in [-0.2, -0.15) is 0 Å². The van der Waals surface area contributed by atoms with Crippen molar-refractivity contribution in [1.29, 1.82) is 0 Å². The van der Waals surface area contributed by atoms with Gasteiger partial charge in [0.05, 0.1) is 36.5 Å². The highest BCUT2D eigenvalue weighted by Crippen LogP contribution is 2.40. The first kappa shape index (κ1) is 19.1. The molecule has 4 rings (SSSR count). The molecule has 2 aromatic heterocycles. The Kier molecular flexibility index (Phi) is 5.26. The van der Waals surface area contributed by atoms with Crippen molar-refractivity contribution < 1.29 is 19.1 Å². The Morgan fingerprint density at radius 1 is 1.17 bits per heavy atom. The third-order valence-corrected chi connectivity index (χ3v) is 4.99. The molecular weight excluding hydrogens is 372 g/mol. The van der Waals surface area contributed by atoms with Gasteiger partial charge in [0.2, 0.25) is 11.9 Å². The van der Waals surface area contributed by atoms with Crippen LogP contribution >= 0.6 is 0 Å². The average Bonchev–Trinajstić information content (AvgIpc) is 3.12. The fourth-order valence-corrected chi connectivity index (χ4v) is 3.76. The van der Waals surface area contributed by atoms with Crippen LogP contribution in [-0.2, 0) is 19.1 Å². The molecule has 3 heterocycles. The Bertz CT molecular complexity index is 1030. The van der Waals surface area contributed by atoms with Gasteiger partial charge in [0.1, 0.15) is 6.04 Å². The molecular formula is C21H22N4O4. The maximum Gasteiger partial charge on any atom is 0.321 e. The fourth-order valence-electron chi connectivity index (χ4n) is 3.76. The van der Waals surface area contributed by atoms with Crippen LogP contribution < -0.4 is 4.90 Å². The number of methoxy groups -OCH3 is 1. The molecule has 0 saturated carbocycles. The van der Waals surface area contributed by atoms with Crippen LogP contribution in [0.5, 0.6) is 0 Å². The Morgan fingerprint density at radius 2 is 1.97 bits per heavy atom. The molecule has 8 nitrogen and oxygen atoms in total. The van der Waals surface area contributed by atoms with Gasteiger partial charge >= 0.3 is 5.97 Å². The van der Waals surface area contributed by atoms with Crippen LogP contribution in [0.3, 0.4) is 0 Å². The maximum atomic E-state index is 13.5. The monoisotopic (exact) mass is 394 g/mol. The summed E-state index contributed by atoms with van der Waals surface area (Å²) in [5.41, 5.74) is 2.17. The number of imidazole rings is 1. The molecule has 1 amide bonds. The molecule has 3 aromatic rings. The first-order valence-corrected chi connectivity index (χ1v) is 9.52. The number of carbonyl (C=O) groups is 2. The van der Waals surface area contributed by atoms with Crippen molar-refractivity contribution in [3.63, 3.8) is 0 Å². The molecule has 1 aromatic carbocycles. The van der Waals surface area contributed by atoms with Crippen LogP contribution in [0.15, 0.2) is 48.7 Å². The number of hydrogen-bond donors (Lipinski definition) is 0. The van der Waals surface area contributed by atoms with E-state index in [1.54, 1.807) is 26.3 Å². The van der Waals surface area contributed by atoms with E-state index in [0.29, 0.717) is 18.2 Å². The topological polar surface area (TPSA) is 86.5 Å². The van der Waals surface area contributed by atoms with E-state index in [2.05, 4.69) is 9.97 Å². The van der Waals surface area contributed by atoms with Gasteiger partial charge in [-0.15, -0.1) is 0 Å². The number of para-hydroxylation sites is 2. The van der Waals surface area contributed by atoms with Crippen molar-refractivity contribution in [2.24, 2.45) is 5.92 Å². The number of carbonyl (C=O) groups excluding carboxylic acids is 2. The van der Waals surface area contributed by atoms with Crippen LogP contribution in [0.1, 0.15) is 18.7 Å². The van der Waals surface area contributed by atoms with Crippen molar-refractivity contribution in [3.05, 3.63) is 54.4 Å². The number of amides is 1. The summed E-state index contributed by atoms with van der Waals surface area (Å²) in [5.74, 6) is -1.52. The largest absolute Gasteiger partial charge is 0.465 e. The molecule has 0 radical (unpaired) electrons. The molecule has 1 aliphatic rings. The molecule has 150 valence electrons. The van der Waals surface area contributed by atoms with Crippen LogP contribution in [-0.4, -0.2) is 53.3 Å². The van der Waals surface area contributed by atoms with Crippen molar-refractivity contribution in [3.8, 4) is 0 Å². The van der Waals surface area contributed by atoms with Crippen molar-refractivity contribution in [1.82, 2.24) is 14.5 Å². The van der Waals surface area contributed by atoms with Crippen molar-refractivity contribution in [2.75, 3.05) is 31.8 Å². The zero-order valence-corrected chi connectivity index (χ0v) is 16.3. The predicted molar refractivity (Wildman–Crippen MR) is 106 cm³/mol. The molecule has 8 heteroatoms. The van der Waals surface area contributed by atoms with Crippen LogP contribution in [0.4, 0.5) is 5.95 Å². The molecule has 0 saturated heterocycles. The van der Waals surface area contributed by atoms with E-state index in [1.807, 2.05) is 41.0 Å². The molecule has 1 aliphatic heterocycles. The summed E-state index contributed by atoms with van der Waals surface area (Å²) in [6.07, 6.45) is 1.65. The first-order chi connectivity index (χ1) is 14.2. The van der Waals surface area contributed by atoms with Gasteiger partial charge in [-0.25, -0.2) is 4.98 Å². The standard InChI is InChI=1S/C21H22N4O4/c1-3-29-20(27)17-18(15-9-6-7-11-22-15)25-16-10-5-4-8-14(16)23-21(25)24(19(17)26)12-13-28-2/h4-11,17-18H,3,12-13H2,1-2H3/t17-,18-/m0/s1. The average molecular weight is 394 g/mol. The number of aromatic nitrogens is 3. The lowest BCUT2D eigenvalue weighted by molar-refractivity contribution is -0.153. The minimum absolute atomic E-state index is 0.188. The molecule has 0 fully saturated rings. The number of rotatable bonds is 6. The number of fused-ring (bicyclic) bond motifs is 3. The minimum Gasteiger partial charge on any atom is -0.465 e. The second kappa shape index (κ2) is 8.00. The smallest absolute Gasteiger partial charge is 0.321 e. The number of esters is 1. The predicted octanol–water partition coefficient (Wildman–Crippen LogP) is 2.19. The summed E-state index contributed by atoms with van der Waals surface area (Å²) in [5, 5.41) is 0. The summed E-state index contributed by atoms with van der Waals surface area (Å²) in [7, 11) is 1.57. The Hall–Kier alpha value is -3.26. The number of benzene rings is 1. The van der Waals surface area contributed by atoms with Gasteiger partial charge in [-0.3, -0.25) is 24.0 Å². The van der Waals surface area contributed by atoms with E-state index >= 15 is 0 Å². The number of hydrogen-bond acceptors (Lipinski definition) is 6. The first-order valence-electron chi connectivity index (χ1n) is 9.52. The van der Waals surface area contributed by atoms with E-state index in [9.17, 15) is 9.59 Å². The van der Waals surface area contributed by atoms with E-state index < -0.39 is 17.9 Å². The number of ether oxygens (including phenoxy) is 2. The van der Waals surface area contributed by atoms with Gasteiger partial charge in [0, 0.05) is 13.3 Å². The summed E-state index contributed by atoms with van der Waals surface area (Å²) in [6, 6.07) is 12.4. The molecule has 29 heavy (non-hydrogen) atoms. The lowest BCUT2D eigenvalue weighted by atomic mass is 9.92. The van der Waals surface area contributed by atoms with Crippen molar-refractivity contribution >= 4 is 28.9 Å². The summed E-state index contributed by atoms with van der Waals surface area (Å²) < 4.78 is 12.4. The van der Waals surface area contributed by atoms with Crippen LogP contribution in [0.2, 0.25) is 0 Å². The lowest BCUT2D eigenvalue weighted by Crippen LogP contribution is -2.51.